The van der Waals surface area contributed by atoms with Gasteiger partial charge in [-0.3, -0.25) is 20.0 Å². The number of hydrogen-bond acceptors (Lipinski definition) is 4. The zero-order valence-electron chi connectivity index (χ0n) is 36.0. The topological polar surface area (TPSA) is 81.1 Å². The van der Waals surface area contributed by atoms with Gasteiger partial charge in [0.15, 0.2) is 0 Å². The van der Waals surface area contributed by atoms with E-state index in [1.807, 2.05) is 48.5 Å². The third-order valence-corrected chi connectivity index (χ3v) is 11.7. The zero-order chi connectivity index (χ0) is 41.4. The van der Waals surface area contributed by atoms with Crippen LogP contribution in [0, 0.1) is 0 Å². The summed E-state index contributed by atoms with van der Waals surface area (Å²) in [5.41, 5.74) is 7.40. The number of rotatable bonds is 8. The lowest BCUT2D eigenvalue weighted by molar-refractivity contribution is -0.213. The maximum absolute atomic E-state index is 14.7. The van der Waals surface area contributed by atoms with Crippen molar-refractivity contribution in [2.75, 3.05) is 0 Å². The molecule has 0 aliphatic heterocycles. The monoisotopic (exact) mass is 759 g/mol. The fraction of sp³-hybridized carbons (Fsp3) is 0.480. The molecule has 2 atom stereocenters. The summed E-state index contributed by atoms with van der Waals surface area (Å²) in [7, 11) is 0. The molecular weight excluding hydrogens is 693 g/mol. The van der Waals surface area contributed by atoms with E-state index in [-0.39, 0.29) is 21.7 Å². The van der Waals surface area contributed by atoms with Gasteiger partial charge in [-0.25, -0.2) is 10.1 Å². The fourth-order valence-corrected chi connectivity index (χ4v) is 7.91. The summed E-state index contributed by atoms with van der Waals surface area (Å²) in [5.74, 6) is -2.54. The molecule has 6 heteroatoms. The Labute approximate surface area is 336 Å². The summed E-state index contributed by atoms with van der Waals surface area (Å²) in [6, 6.07) is 30.7. The van der Waals surface area contributed by atoms with Crippen LogP contribution in [0.4, 0.5) is 0 Å². The van der Waals surface area contributed by atoms with Crippen molar-refractivity contribution in [3.8, 4) is 0 Å². The quantitative estimate of drug-likeness (QED) is 0.138. The minimum Gasteiger partial charge on any atom is -0.286 e. The van der Waals surface area contributed by atoms with E-state index in [2.05, 4.69) is 132 Å². The predicted molar refractivity (Wildman–Crippen MR) is 228 cm³/mol. The normalized spacial score (nSPS) is 16.9. The van der Waals surface area contributed by atoms with Crippen molar-refractivity contribution in [1.29, 1.82) is 0 Å². The summed E-state index contributed by atoms with van der Waals surface area (Å²) in [6.07, 6.45) is 2.40. The van der Waals surface area contributed by atoms with Crippen molar-refractivity contribution in [2.45, 2.75) is 154 Å². The van der Waals surface area contributed by atoms with E-state index in [9.17, 15) is 20.0 Å². The molecule has 0 bridgehead atoms. The highest BCUT2D eigenvalue weighted by molar-refractivity contribution is 5.88. The minimum atomic E-state index is -0.803. The van der Waals surface area contributed by atoms with Crippen molar-refractivity contribution in [2.24, 2.45) is 0 Å². The van der Waals surface area contributed by atoms with Crippen molar-refractivity contribution in [3.05, 3.63) is 142 Å². The minimum absolute atomic E-state index is 0.0665. The van der Waals surface area contributed by atoms with Crippen LogP contribution >= 0.6 is 0 Å². The molecule has 1 aliphatic rings. The summed E-state index contributed by atoms with van der Waals surface area (Å²) in [5, 5.41) is 25.7. The predicted octanol–water partition coefficient (Wildman–Crippen LogP) is 11.6. The van der Waals surface area contributed by atoms with Crippen molar-refractivity contribution in [1.82, 2.24) is 10.1 Å². The van der Waals surface area contributed by atoms with E-state index in [0.29, 0.717) is 12.8 Å². The number of carbonyl (C=O) groups is 2. The third kappa shape index (κ3) is 9.64. The second-order valence-electron chi connectivity index (χ2n) is 20.1. The van der Waals surface area contributed by atoms with Crippen LogP contribution in [0.2, 0.25) is 0 Å². The molecule has 4 aromatic rings. The third-order valence-electron chi connectivity index (χ3n) is 11.7. The van der Waals surface area contributed by atoms with Crippen LogP contribution in [0.25, 0.3) is 0 Å². The molecule has 0 saturated heterocycles. The smallest absolute Gasteiger partial charge is 0.258 e. The molecule has 1 saturated carbocycles. The SMILES string of the molecule is CC(C)(C)c1ccc(C(C(=O)N(O)C2CCCCC2N(O)C(=O)C(c2ccc(C(C)(C)C)cc2)c2ccc(C(C)(C)C)cc2)c2ccc(C(C)(C)C)cc2)cc1. The standard InChI is InChI=1S/C50H66N2O4/c1-47(2,3)37-25-17-33(18-26-37)43(34-19-27-38(28-20-34)48(4,5)6)45(53)51(55)41-15-13-14-16-42(41)52(56)46(54)44(35-21-29-39(30-22-35)49(7,8)9)36-23-31-40(32-24-36)50(10,11)12/h17-32,41-44,55-56H,13-16H2,1-12H3. The fourth-order valence-electron chi connectivity index (χ4n) is 7.91. The first-order valence-corrected chi connectivity index (χ1v) is 20.4. The highest BCUT2D eigenvalue weighted by atomic mass is 16.5. The number of amides is 2. The van der Waals surface area contributed by atoms with E-state index in [4.69, 9.17) is 0 Å². The van der Waals surface area contributed by atoms with Gasteiger partial charge in [0, 0.05) is 0 Å². The zero-order valence-corrected chi connectivity index (χ0v) is 36.0. The van der Waals surface area contributed by atoms with E-state index in [1.165, 1.54) is 0 Å². The van der Waals surface area contributed by atoms with Crippen molar-refractivity contribution >= 4 is 11.8 Å². The second kappa shape index (κ2) is 16.3. The van der Waals surface area contributed by atoms with Gasteiger partial charge >= 0.3 is 0 Å². The van der Waals surface area contributed by atoms with Crippen molar-refractivity contribution < 1.29 is 20.0 Å². The Hall–Kier alpha value is -4.26. The van der Waals surface area contributed by atoms with E-state index < -0.39 is 35.7 Å². The van der Waals surface area contributed by atoms with E-state index >= 15 is 0 Å². The maximum atomic E-state index is 14.7. The largest absolute Gasteiger partial charge is 0.286 e. The van der Waals surface area contributed by atoms with Crippen LogP contribution < -0.4 is 0 Å². The summed E-state index contributed by atoms with van der Waals surface area (Å²) in [6.45, 7) is 25.9. The molecule has 2 N–H and O–H groups in total. The van der Waals surface area contributed by atoms with Crippen LogP contribution in [0.3, 0.4) is 0 Å². The Balaban J connectivity index is 1.51. The number of benzene rings is 4. The number of hydroxylamine groups is 4. The molecule has 0 aromatic heterocycles. The lowest BCUT2D eigenvalue weighted by Crippen LogP contribution is -2.56. The Morgan fingerprint density at radius 1 is 0.429 bits per heavy atom. The number of carbonyl (C=O) groups excluding carboxylic acids is 2. The van der Waals surface area contributed by atoms with Gasteiger partial charge in [-0.05, 0) is 79.0 Å². The molecule has 0 spiro atoms. The molecule has 0 heterocycles. The molecule has 0 radical (unpaired) electrons. The average molecular weight is 759 g/mol. The maximum Gasteiger partial charge on any atom is 0.258 e. The Morgan fingerprint density at radius 3 is 0.804 bits per heavy atom. The highest BCUT2D eigenvalue weighted by Crippen LogP contribution is 2.37. The summed E-state index contributed by atoms with van der Waals surface area (Å²) in [4.78, 5) is 29.5. The summed E-state index contributed by atoms with van der Waals surface area (Å²) >= 11 is 0. The lowest BCUT2D eigenvalue weighted by atomic mass is 9.81. The second-order valence-corrected chi connectivity index (χ2v) is 20.1. The highest BCUT2D eigenvalue weighted by Gasteiger charge is 2.42. The van der Waals surface area contributed by atoms with Gasteiger partial charge < -0.3 is 0 Å². The number of nitrogens with zero attached hydrogens (tertiary/aromatic N) is 2. The first-order valence-electron chi connectivity index (χ1n) is 20.4. The van der Waals surface area contributed by atoms with Gasteiger partial charge in [0.2, 0.25) is 0 Å². The van der Waals surface area contributed by atoms with Crippen LogP contribution in [0.1, 0.15) is 165 Å². The first-order chi connectivity index (χ1) is 26.0. The Morgan fingerprint density at radius 2 is 0.625 bits per heavy atom. The van der Waals surface area contributed by atoms with Gasteiger partial charge in [-0.15, -0.1) is 0 Å². The van der Waals surface area contributed by atoms with Crippen LogP contribution in [-0.4, -0.2) is 44.4 Å². The first kappa shape index (κ1) is 42.9. The average Bonchev–Trinajstić information content (AvgIpc) is 3.14. The van der Waals surface area contributed by atoms with Crippen LogP contribution in [0.15, 0.2) is 97.1 Å². The molecular formula is C50H66N2O4. The van der Waals surface area contributed by atoms with Gasteiger partial charge in [0.05, 0.1) is 23.9 Å². The Kier molecular flexibility index (Phi) is 12.5. The molecule has 300 valence electrons. The lowest BCUT2D eigenvalue weighted by Gasteiger charge is -2.41. The molecule has 4 aromatic carbocycles. The molecule has 2 amide bonds. The molecule has 56 heavy (non-hydrogen) atoms. The van der Waals surface area contributed by atoms with E-state index in [1.54, 1.807) is 0 Å². The van der Waals surface area contributed by atoms with Crippen LogP contribution in [0.5, 0.6) is 0 Å². The molecule has 6 nitrogen and oxygen atoms in total. The summed E-state index contributed by atoms with van der Waals surface area (Å²) < 4.78 is 0. The van der Waals surface area contributed by atoms with Gasteiger partial charge in [0.1, 0.15) is 0 Å². The van der Waals surface area contributed by atoms with E-state index in [0.717, 1.165) is 67.5 Å². The molecule has 5 rings (SSSR count). The van der Waals surface area contributed by atoms with Gasteiger partial charge in [-0.1, -0.05) is 193 Å². The van der Waals surface area contributed by atoms with Crippen molar-refractivity contribution in [3.63, 3.8) is 0 Å². The van der Waals surface area contributed by atoms with Gasteiger partial charge in [0.25, 0.3) is 11.8 Å². The molecule has 1 aliphatic carbocycles. The van der Waals surface area contributed by atoms with Crippen LogP contribution in [-0.2, 0) is 31.2 Å². The molecule has 2 unspecified atom stereocenters. The number of hydrogen-bond donors (Lipinski definition) is 2. The molecule has 1 fully saturated rings. The Bertz CT molecular complexity index is 1680. The van der Waals surface area contributed by atoms with Gasteiger partial charge in [-0.2, -0.15) is 0 Å².